The smallest absolute Gasteiger partial charge is 0.313 e. The fourth-order valence-corrected chi connectivity index (χ4v) is 2.58. The topological polar surface area (TPSA) is 64.6 Å². The predicted octanol–water partition coefficient (Wildman–Crippen LogP) is 3.80. The number of amides is 1. The Morgan fingerprint density at radius 2 is 1.62 bits per heavy atom. The van der Waals surface area contributed by atoms with Crippen LogP contribution in [-0.4, -0.2) is 30.6 Å². The van der Waals surface area contributed by atoms with Crippen LogP contribution < -0.4 is 10.1 Å². The minimum atomic E-state index is -0.839. The average molecular weight is 357 g/mol. The molecule has 140 valence electrons. The summed E-state index contributed by atoms with van der Waals surface area (Å²) < 4.78 is 10.6. The number of benzene rings is 2. The van der Waals surface area contributed by atoms with Crippen LogP contribution >= 0.6 is 0 Å². The summed E-state index contributed by atoms with van der Waals surface area (Å²) in [4.78, 5) is 24.5. The van der Waals surface area contributed by atoms with Gasteiger partial charge in [0, 0.05) is 5.54 Å². The molecular formula is C21H27NO4. The lowest BCUT2D eigenvalue weighted by Crippen LogP contribution is -2.46. The maximum Gasteiger partial charge on any atom is 0.313 e. The first kappa shape index (κ1) is 19.8. The minimum absolute atomic E-state index is 0.302. The summed E-state index contributed by atoms with van der Waals surface area (Å²) in [6.45, 7) is 9.00. The van der Waals surface area contributed by atoms with Gasteiger partial charge in [-0.05, 0) is 63.1 Å². The lowest BCUT2D eigenvalue weighted by molar-refractivity contribution is -0.156. The number of hydrogen-bond acceptors (Lipinski definition) is 4. The zero-order valence-corrected chi connectivity index (χ0v) is 16.3. The standard InChI is InChI=1S/C21H27NO4/c1-13(20(24)26-14(2)19(23)22-21(3,4)5)15-7-8-17-12-18(25-6)10-9-16(17)11-15/h7-14H,1-6H3,(H,22,23)/t13-,14+/m0/s1. The second-order valence-corrected chi connectivity index (χ2v) is 7.51. The molecule has 0 heterocycles. The van der Waals surface area contributed by atoms with E-state index in [9.17, 15) is 9.59 Å². The number of nitrogens with one attached hydrogen (secondary N) is 1. The normalized spacial score (nSPS) is 13.8. The van der Waals surface area contributed by atoms with Gasteiger partial charge in [-0.3, -0.25) is 9.59 Å². The van der Waals surface area contributed by atoms with Gasteiger partial charge < -0.3 is 14.8 Å². The molecule has 0 saturated heterocycles. The number of carbonyl (C=O) groups is 2. The van der Waals surface area contributed by atoms with Crippen molar-refractivity contribution in [3.8, 4) is 5.75 Å². The first-order chi connectivity index (χ1) is 12.1. The molecule has 0 saturated carbocycles. The summed E-state index contributed by atoms with van der Waals surface area (Å²) in [5.74, 6) is -0.402. The highest BCUT2D eigenvalue weighted by molar-refractivity contribution is 5.88. The summed E-state index contributed by atoms with van der Waals surface area (Å²) in [5.41, 5.74) is 0.471. The molecule has 0 bridgehead atoms. The van der Waals surface area contributed by atoms with Gasteiger partial charge in [-0.15, -0.1) is 0 Å². The molecule has 1 N–H and O–H groups in total. The number of fused-ring (bicyclic) bond motifs is 1. The zero-order valence-electron chi connectivity index (χ0n) is 16.3. The predicted molar refractivity (Wildman–Crippen MR) is 102 cm³/mol. The molecule has 0 aromatic heterocycles. The van der Waals surface area contributed by atoms with Crippen molar-refractivity contribution in [2.75, 3.05) is 7.11 Å². The average Bonchev–Trinajstić information content (AvgIpc) is 2.58. The minimum Gasteiger partial charge on any atom is -0.497 e. The summed E-state index contributed by atoms with van der Waals surface area (Å²) in [6.07, 6.45) is -0.839. The number of rotatable bonds is 5. The Kier molecular flexibility index (Phi) is 5.90. The van der Waals surface area contributed by atoms with Crippen LogP contribution in [-0.2, 0) is 14.3 Å². The van der Waals surface area contributed by atoms with Crippen LogP contribution in [0.1, 0.15) is 46.1 Å². The molecule has 0 aliphatic rings. The fraction of sp³-hybridized carbons (Fsp3) is 0.429. The van der Waals surface area contributed by atoms with Gasteiger partial charge in [0.2, 0.25) is 0 Å². The summed E-state index contributed by atoms with van der Waals surface area (Å²) in [6, 6.07) is 11.6. The lowest BCUT2D eigenvalue weighted by Gasteiger charge is -2.24. The maximum atomic E-state index is 12.4. The van der Waals surface area contributed by atoms with Crippen LogP contribution in [0.15, 0.2) is 36.4 Å². The summed E-state index contributed by atoms with van der Waals surface area (Å²) >= 11 is 0. The molecule has 0 fully saturated rings. The van der Waals surface area contributed by atoms with E-state index >= 15 is 0 Å². The molecule has 2 aromatic carbocycles. The Labute approximate surface area is 154 Å². The highest BCUT2D eigenvalue weighted by Gasteiger charge is 2.25. The number of methoxy groups -OCH3 is 1. The highest BCUT2D eigenvalue weighted by atomic mass is 16.5. The molecule has 1 amide bonds. The van der Waals surface area contributed by atoms with E-state index in [0.29, 0.717) is 0 Å². The van der Waals surface area contributed by atoms with E-state index in [-0.39, 0.29) is 11.4 Å². The van der Waals surface area contributed by atoms with Crippen molar-refractivity contribution < 1.29 is 19.1 Å². The van der Waals surface area contributed by atoms with Gasteiger partial charge in [0.1, 0.15) is 5.75 Å². The quantitative estimate of drug-likeness (QED) is 0.827. The van der Waals surface area contributed by atoms with Gasteiger partial charge in [-0.25, -0.2) is 0 Å². The Morgan fingerprint density at radius 3 is 2.23 bits per heavy atom. The molecule has 0 aliphatic carbocycles. The van der Waals surface area contributed by atoms with Crippen LogP contribution in [0, 0.1) is 0 Å². The SMILES string of the molecule is COc1ccc2cc([C@H](C)C(=O)O[C@H](C)C(=O)NC(C)(C)C)ccc2c1. The molecule has 0 radical (unpaired) electrons. The van der Waals surface area contributed by atoms with E-state index in [1.165, 1.54) is 0 Å². The van der Waals surface area contributed by atoms with Gasteiger partial charge in [0.05, 0.1) is 13.0 Å². The molecule has 0 spiro atoms. The molecule has 0 unspecified atom stereocenters. The molecule has 0 aliphatic heterocycles. The van der Waals surface area contributed by atoms with Crippen LogP contribution in [0.4, 0.5) is 0 Å². The van der Waals surface area contributed by atoms with Crippen molar-refractivity contribution in [3.63, 3.8) is 0 Å². The van der Waals surface area contributed by atoms with E-state index in [4.69, 9.17) is 9.47 Å². The molecule has 2 rings (SSSR count). The van der Waals surface area contributed by atoms with E-state index < -0.39 is 18.0 Å². The zero-order chi connectivity index (χ0) is 19.5. The van der Waals surface area contributed by atoms with Gasteiger partial charge in [-0.2, -0.15) is 0 Å². The number of hydrogen-bond donors (Lipinski definition) is 1. The van der Waals surface area contributed by atoms with Crippen molar-refractivity contribution in [3.05, 3.63) is 42.0 Å². The van der Waals surface area contributed by atoms with Crippen molar-refractivity contribution in [2.45, 2.75) is 52.2 Å². The van der Waals surface area contributed by atoms with Gasteiger partial charge in [0.25, 0.3) is 5.91 Å². The lowest BCUT2D eigenvalue weighted by atomic mass is 9.97. The molecular weight excluding hydrogens is 330 g/mol. The van der Waals surface area contributed by atoms with Gasteiger partial charge >= 0.3 is 5.97 Å². The van der Waals surface area contributed by atoms with E-state index in [2.05, 4.69) is 5.32 Å². The first-order valence-electron chi connectivity index (χ1n) is 8.71. The third kappa shape index (κ3) is 4.97. The number of esters is 1. The van der Waals surface area contributed by atoms with E-state index in [1.54, 1.807) is 21.0 Å². The van der Waals surface area contributed by atoms with Crippen molar-refractivity contribution >= 4 is 22.6 Å². The maximum absolute atomic E-state index is 12.4. The second-order valence-electron chi connectivity index (χ2n) is 7.51. The van der Waals surface area contributed by atoms with Crippen LogP contribution in [0.25, 0.3) is 10.8 Å². The Bertz CT molecular complexity index is 807. The highest BCUT2D eigenvalue weighted by Crippen LogP contribution is 2.26. The van der Waals surface area contributed by atoms with Crippen LogP contribution in [0.2, 0.25) is 0 Å². The van der Waals surface area contributed by atoms with E-state index in [0.717, 1.165) is 22.1 Å². The third-order valence-corrected chi connectivity index (χ3v) is 4.09. The van der Waals surface area contributed by atoms with E-state index in [1.807, 2.05) is 57.2 Å². The number of ether oxygens (including phenoxy) is 2. The van der Waals surface area contributed by atoms with Crippen molar-refractivity contribution in [1.29, 1.82) is 0 Å². The molecule has 2 atom stereocenters. The summed E-state index contributed by atoms with van der Waals surface area (Å²) in [5, 5.41) is 4.86. The monoisotopic (exact) mass is 357 g/mol. The van der Waals surface area contributed by atoms with Crippen molar-refractivity contribution in [2.24, 2.45) is 0 Å². The largest absolute Gasteiger partial charge is 0.497 e. The summed E-state index contributed by atoms with van der Waals surface area (Å²) in [7, 11) is 1.63. The molecule has 5 heteroatoms. The number of carbonyl (C=O) groups excluding carboxylic acids is 2. The Morgan fingerprint density at radius 1 is 1.00 bits per heavy atom. The fourth-order valence-electron chi connectivity index (χ4n) is 2.58. The third-order valence-electron chi connectivity index (χ3n) is 4.09. The first-order valence-corrected chi connectivity index (χ1v) is 8.71. The Hall–Kier alpha value is -2.56. The van der Waals surface area contributed by atoms with Gasteiger partial charge in [0.15, 0.2) is 6.10 Å². The van der Waals surface area contributed by atoms with Gasteiger partial charge in [-0.1, -0.05) is 24.3 Å². The van der Waals surface area contributed by atoms with Crippen molar-refractivity contribution in [1.82, 2.24) is 5.32 Å². The Balaban J connectivity index is 2.10. The molecule has 5 nitrogen and oxygen atoms in total. The molecule has 26 heavy (non-hydrogen) atoms. The van der Waals surface area contributed by atoms with Crippen LogP contribution in [0.3, 0.4) is 0 Å². The van der Waals surface area contributed by atoms with Crippen LogP contribution in [0.5, 0.6) is 5.75 Å². The second kappa shape index (κ2) is 7.77. The molecule has 2 aromatic rings.